The molecule has 1 amide bonds. The SMILES string of the molecule is NC(=O)Cn1cc2cccc(N)c2c1O. The van der Waals surface area contributed by atoms with Gasteiger partial charge in [-0.1, -0.05) is 12.1 Å². The van der Waals surface area contributed by atoms with Gasteiger partial charge in [0.2, 0.25) is 11.8 Å². The molecule has 0 atom stereocenters. The Morgan fingerprint density at radius 3 is 2.80 bits per heavy atom. The van der Waals surface area contributed by atoms with Crippen LogP contribution in [0.15, 0.2) is 24.4 Å². The van der Waals surface area contributed by atoms with E-state index in [4.69, 9.17) is 11.5 Å². The number of nitrogen functional groups attached to an aromatic ring is 1. The molecule has 78 valence electrons. The second-order valence-electron chi connectivity index (χ2n) is 3.36. The number of aromatic nitrogens is 1. The zero-order valence-corrected chi connectivity index (χ0v) is 7.97. The number of hydrogen-bond acceptors (Lipinski definition) is 3. The molecule has 0 aliphatic rings. The summed E-state index contributed by atoms with van der Waals surface area (Å²) in [5.74, 6) is -0.536. The maximum Gasteiger partial charge on any atom is 0.237 e. The average Bonchev–Trinajstić information content (AvgIpc) is 2.44. The number of nitrogens with two attached hydrogens (primary N) is 2. The largest absolute Gasteiger partial charge is 0.494 e. The van der Waals surface area contributed by atoms with E-state index in [2.05, 4.69) is 0 Å². The van der Waals surface area contributed by atoms with E-state index >= 15 is 0 Å². The molecule has 1 aromatic carbocycles. The van der Waals surface area contributed by atoms with Gasteiger partial charge in [-0.2, -0.15) is 0 Å². The molecule has 5 heteroatoms. The van der Waals surface area contributed by atoms with Crippen LogP contribution in [-0.4, -0.2) is 15.6 Å². The fourth-order valence-corrected chi connectivity index (χ4v) is 1.62. The Labute approximate surface area is 85.9 Å². The predicted molar refractivity (Wildman–Crippen MR) is 57.2 cm³/mol. The van der Waals surface area contributed by atoms with Crippen LogP contribution in [0.5, 0.6) is 5.88 Å². The van der Waals surface area contributed by atoms with E-state index in [0.717, 1.165) is 5.39 Å². The minimum atomic E-state index is -0.510. The Morgan fingerprint density at radius 1 is 1.47 bits per heavy atom. The van der Waals surface area contributed by atoms with Crippen molar-refractivity contribution in [3.8, 4) is 5.88 Å². The summed E-state index contributed by atoms with van der Waals surface area (Å²) >= 11 is 0. The van der Waals surface area contributed by atoms with E-state index in [1.54, 1.807) is 18.3 Å². The van der Waals surface area contributed by atoms with Gasteiger partial charge >= 0.3 is 0 Å². The summed E-state index contributed by atoms with van der Waals surface area (Å²) in [5, 5.41) is 11.1. The van der Waals surface area contributed by atoms with Crippen molar-refractivity contribution in [3.05, 3.63) is 24.4 Å². The molecule has 0 radical (unpaired) electrons. The number of carbonyl (C=O) groups excluding carboxylic acids is 1. The molecule has 5 nitrogen and oxygen atoms in total. The summed E-state index contributed by atoms with van der Waals surface area (Å²) in [6.07, 6.45) is 1.64. The Hall–Kier alpha value is -2.17. The lowest BCUT2D eigenvalue weighted by molar-refractivity contribution is -0.118. The van der Waals surface area contributed by atoms with E-state index in [1.807, 2.05) is 6.07 Å². The van der Waals surface area contributed by atoms with Crippen molar-refractivity contribution in [2.75, 3.05) is 5.73 Å². The summed E-state index contributed by atoms with van der Waals surface area (Å²) in [5.41, 5.74) is 11.2. The van der Waals surface area contributed by atoms with E-state index in [9.17, 15) is 9.90 Å². The van der Waals surface area contributed by atoms with Crippen LogP contribution in [0.4, 0.5) is 5.69 Å². The van der Waals surface area contributed by atoms with Crippen LogP contribution in [0.2, 0.25) is 0 Å². The first-order chi connectivity index (χ1) is 7.09. The average molecular weight is 205 g/mol. The van der Waals surface area contributed by atoms with E-state index in [-0.39, 0.29) is 12.4 Å². The zero-order valence-electron chi connectivity index (χ0n) is 7.97. The summed E-state index contributed by atoms with van der Waals surface area (Å²) in [4.78, 5) is 10.7. The van der Waals surface area contributed by atoms with Crippen LogP contribution in [0, 0.1) is 0 Å². The lowest BCUT2D eigenvalue weighted by Crippen LogP contribution is -2.17. The Bertz CT molecular complexity index is 531. The van der Waals surface area contributed by atoms with Crippen molar-refractivity contribution in [2.45, 2.75) is 6.54 Å². The predicted octanol–water partition coefficient (Wildman–Crippen LogP) is 0.414. The van der Waals surface area contributed by atoms with Gasteiger partial charge in [0, 0.05) is 17.3 Å². The Morgan fingerprint density at radius 2 is 2.20 bits per heavy atom. The third-order valence-electron chi connectivity index (χ3n) is 2.25. The molecule has 0 bridgehead atoms. The van der Waals surface area contributed by atoms with Gasteiger partial charge in [-0.15, -0.1) is 0 Å². The first-order valence-electron chi connectivity index (χ1n) is 4.44. The minimum Gasteiger partial charge on any atom is -0.494 e. The highest BCUT2D eigenvalue weighted by Crippen LogP contribution is 2.31. The number of carbonyl (C=O) groups is 1. The molecule has 5 N–H and O–H groups in total. The van der Waals surface area contributed by atoms with Gasteiger partial charge < -0.3 is 21.1 Å². The summed E-state index contributed by atoms with van der Waals surface area (Å²) in [6.45, 7) is -0.0556. The molecule has 0 fully saturated rings. The molecule has 15 heavy (non-hydrogen) atoms. The van der Waals surface area contributed by atoms with E-state index < -0.39 is 5.91 Å². The third kappa shape index (κ3) is 1.48. The molecule has 0 aliphatic carbocycles. The van der Waals surface area contributed by atoms with Crippen LogP contribution >= 0.6 is 0 Å². The summed E-state index contributed by atoms with van der Waals surface area (Å²) in [6, 6.07) is 5.28. The normalized spacial score (nSPS) is 10.7. The highest BCUT2D eigenvalue weighted by molar-refractivity contribution is 5.97. The Kier molecular flexibility index (Phi) is 2.00. The van der Waals surface area contributed by atoms with Crippen molar-refractivity contribution < 1.29 is 9.90 Å². The van der Waals surface area contributed by atoms with Crippen LogP contribution in [0.25, 0.3) is 10.8 Å². The highest BCUT2D eigenvalue weighted by atomic mass is 16.3. The van der Waals surface area contributed by atoms with Gasteiger partial charge in [-0.3, -0.25) is 4.79 Å². The first-order valence-corrected chi connectivity index (χ1v) is 4.44. The first kappa shape index (κ1) is 9.39. The van der Waals surface area contributed by atoms with Crippen LogP contribution in [-0.2, 0) is 11.3 Å². The van der Waals surface area contributed by atoms with Crippen molar-refractivity contribution in [1.29, 1.82) is 0 Å². The molecule has 0 unspecified atom stereocenters. The minimum absolute atomic E-state index is 0.0260. The number of benzene rings is 1. The standard InChI is InChI=1S/C10H11N3O2/c11-7-3-1-2-6-4-13(5-8(12)14)10(15)9(6)7/h1-4,15H,5,11H2,(H2,12,14). The van der Waals surface area contributed by atoms with Gasteiger partial charge in [0.15, 0.2) is 0 Å². The number of primary amides is 1. The number of rotatable bonds is 2. The maximum absolute atomic E-state index is 10.7. The van der Waals surface area contributed by atoms with Crippen LogP contribution < -0.4 is 11.5 Å². The summed E-state index contributed by atoms with van der Waals surface area (Å²) in [7, 11) is 0. The molecule has 2 aromatic rings. The van der Waals surface area contributed by atoms with Crippen LogP contribution in [0.1, 0.15) is 0 Å². The fraction of sp³-hybridized carbons (Fsp3) is 0.100. The lowest BCUT2D eigenvalue weighted by atomic mass is 10.2. The monoisotopic (exact) mass is 205 g/mol. The van der Waals surface area contributed by atoms with Crippen LogP contribution in [0.3, 0.4) is 0 Å². The van der Waals surface area contributed by atoms with Crippen molar-refractivity contribution >= 4 is 22.4 Å². The fourth-order valence-electron chi connectivity index (χ4n) is 1.62. The number of fused-ring (bicyclic) bond motifs is 1. The number of nitrogens with zero attached hydrogens (tertiary/aromatic N) is 1. The molecule has 0 spiro atoms. The highest BCUT2D eigenvalue weighted by Gasteiger charge is 2.11. The molecule has 2 rings (SSSR count). The molecule has 1 aromatic heterocycles. The quantitative estimate of drug-likeness (QED) is 0.620. The molecule has 0 saturated heterocycles. The van der Waals surface area contributed by atoms with E-state index in [0.29, 0.717) is 11.1 Å². The number of aromatic hydroxyl groups is 1. The van der Waals surface area contributed by atoms with E-state index in [1.165, 1.54) is 4.57 Å². The lowest BCUT2D eigenvalue weighted by Gasteiger charge is -2.00. The molecular weight excluding hydrogens is 194 g/mol. The second-order valence-corrected chi connectivity index (χ2v) is 3.36. The Balaban J connectivity index is 2.64. The maximum atomic E-state index is 10.7. The second kappa shape index (κ2) is 3.20. The summed E-state index contributed by atoms with van der Waals surface area (Å²) < 4.78 is 1.38. The number of amides is 1. The zero-order chi connectivity index (χ0) is 11.0. The smallest absolute Gasteiger partial charge is 0.237 e. The van der Waals surface area contributed by atoms with Gasteiger partial charge in [0.05, 0.1) is 5.39 Å². The molecule has 0 aliphatic heterocycles. The molecular formula is C10H11N3O2. The molecule has 1 heterocycles. The number of anilines is 1. The van der Waals surface area contributed by atoms with Gasteiger partial charge in [-0.25, -0.2) is 0 Å². The van der Waals surface area contributed by atoms with Gasteiger partial charge in [-0.05, 0) is 6.07 Å². The van der Waals surface area contributed by atoms with Gasteiger partial charge in [0.1, 0.15) is 6.54 Å². The number of hydrogen-bond donors (Lipinski definition) is 3. The third-order valence-corrected chi connectivity index (χ3v) is 2.25. The van der Waals surface area contributed by atoms with Gasteiger partial charge in [0.25, 0.3) is 0 Å². The molecule has 0 saturated carbocycles. The topological polar surface area (TPSA) is 94.3 Å². The van der Waals surface area contributed by atoms with Crippen molar-refractivity contribution in [3.63, 3.8) is 0 Å². The van der Waals surface area contributed by atoms with Crippen molar-refractivity contribution in [2.24, 2.45) is 5.73 Å². The van der Waals surface area contributed by atoms with Crippen molar-refractivity contribution in [1.82, 2.24) is 4.57 Å².